The maximum absolute atomic E-state index is 3.68. The third-order valence-electron chi connectivity index (χ3n) is 0.705. The van der Waals surface area contributed by atoms with Gasteiger partial charge in [0.1, 0.15) is 0 Å². The second-order valence-corrected chi connectivity index (χ2v) is 2.50. The van der Waals surface area contributed by atoms with Gasteiger partial charge in [-0.15, -0.1) is 0 Å². The van der Waals surface area contributed by atoms with E-state index in [0.717, 1.165) is 11.3 Å². The highest BCUT2D eigenvalue weighted by molar-refractivity contribution is 5.30. The summed E-state index contributed by atoms with van der Waals surface area (Å²) in [7, 11) is 0. The number of allylic oxidation sites excluding steroid dienone is 3. The van der Waals surface area contributed by atoms with E-state index in [1.807, 2.05) is 19.9 Å². The molecule has 0 saturated carbocycles. The van der Waals surface area contributed by atoms with Crippen LogP contribution in [0.5, 0.6) is 0 Å². The first-order valence-electron chi connectivity index (χ1n) is 3.88. The van der Waals surface area contributed by atoms with Crippen LogP contribution in [0.4, 0.5) is 0 Å². The number of hydrogen-bond acceptors (Lipinski definition) is 1. The summed E-state index contributed by atoms with van der Waals surface area (Å²) in [4.78, 5) is 3.68. The van der Waals surface area contributed by atoms with E-state index in [9.17, 15) is 0 Å². The Morgan fingerprint density at radius 1 is 1.36 bits per heavy atom. The maximum atomic E-state index is 3.68. The van der Waals surface area contributed by atoms with Gasteiger partial charge in [-0.1, -0.05) is 32.4 Å². The fourth-order valence-electron chi connectivity index (χ4n) is 0.402. The predicted octanol–water partition coefficient (Wildman–Crippen LogP) is 3.58. The van der Waals surface area contributed by atoms with E-state index in [-0.39, 0.29) is 0 Å². The summed E-state index contributed by atoms with van der Waals surface area (Å²) in [6.07, 6.45) is 3.13. The fraction of sp³-hybridized carbons (Fsp3) is 0.500. The van der Waals surface area contributed by atoms with Crippen LogP contribution in [-0.4, -0.2) is 6.72 Å². The van der Waals surface area contributed by atoms with E-state index in [0.29, 0.717) is 0 Å². The van der Waals surface area contributed by atoms with Crippen LogP contribution < -0.4 is 0 Å². The molecule has 0 radical (unpaired) electrons. The lowest BCUT2D eigenvalue weighted by Crippen LogP contribution is -1.67. The molecule has 0 unspecified atom stereocenters. The fourth-order valence-corrected chi connectivity index (χ4v) is 0.402. The Bertz CT molecular complexity index is 143. The van der Waals surface area contributed by atoms with E-state index in [1.165, 1.54) is 6.42 Å². The van der Waals surface area contributed by atoms with Gasteiger partial charge in [0.25, 0.3) is 0 Å². The Hall–Kier alpha value is -0.850. The van der Waals surface area contributed by atoms with E-state index < -0.39 is 0 Å². The van der Waals surface area contributed by atoms with Gasteiger partial charge in [0.15, 0.2) is 0 Å². The Labute approximate surface area is 70.5 Å². The molecule has 0 saturated heterocycles. The van der Waals surface area contributed by atoms with Gasteiger partial charge in [-0.2, -0.15) is 0 Å². The smallest absolute Gasteiger partial charge is 0.0367 e. The first kappa shape index (κ1) is 12.8. The summed E-state index contributed by atoms with van der Waals surface area (Å²) in [5.41, 5.74) is 1.92. The molecule has 0 aliphatic rings. The van der Waals surface area contributed by atoms with Crippen LogP contribution >= 0.6 is 0 Å². The second-order valence-electron chi connectivity index (χ2n) is 2.50. The predicted molar refractivity (Wildman–Crippen MR) is 54.1 cm³/mol. The SMILES string of the molecule is C=N/C(C)=C\C(=C)C.CCC. The molecule has 0 aromatic carbocycles. The topological polar surface area (TPSA) is 12.4 Å². The van der Waals surface area contributed by atoms with Gasteiger partial charge in [-0.05, 0) is 26.6 Å². The quantitative estimate of drug-likeness (QED) is 0.424. The third-order valence-corrected chi connectivity index (χ3v) is 0.705. The molecule has 0 aliphatic heterocycles. The zero-order chi connectivity index (χ0) is 9.28. The van der Waals surface area contributed by atoms with Gasteiger partial charge in [-0.25, -0.2) is 0 Å². The summed E-state index contributed by atoms with van der Waals surface area (Å²) in [5.74, 6) is 0. The van der Waals surface area contributed by atoms with Crippen molar-refractivity contribution < 1.29 is 0 Å². The van der Waals surface area contributed by atoms with Crippen molar-refractivity contribution in [3.8, 4) is 0 Å². The van der Waals surface area contributed by atoms with E-state index in [2.05, 4.69) is 32.1 Å². The second kappa shape index (κ2) is 9.15. The summed E-state index contributed by atoms with van der Waals surface area (Å²) >= 11 is 0. The minimum atomic E-state index is 0.914. The standard InChI is InChI=1S/C7H11N.C3H8/c1-6(2)5-7(3)8-4;1-3-2/h5H,1,4H2,2-3H3;3H2,1-2H3/b7-5-;. The summed E-state index contributed by atoms with van der Waals surface area (Å²) in [6.45, 7) is 15.1. The lowest BCUT2D eigenvalue weighted by Gasteiger charge is -1.87. The highest BCUT2D eigenvalue weighted by Gasteiger charge is 1.78. The molecule has 0 spiro atoms. The zero-order valence-electron chi connectivity index (χ0n) is 8.15. The molecule has 0 atom stereocenters. The third kappa shape index (κ3) is 17.6. The normalized spacial score (nSPS) is 9.64. The molecule has 0 N–H and O–H groups in total. The molecular weight excluding hydrogens is 134 g/mol. The van der Waals surface area contributed by atoms with Gasteiger partial charge in [0.2, 0.25) is 0 Å². The zero-order valence-corrected chi connectivity index (χ0v) is 8.15. The molecular formula is C10H19N. The molecule has 0 fully saturated rings. The summed E-state index contributed by atoms with van der Waals surface area (Å²) in [5, 5.41) is 0. The lowest BCUT2D eigenvalue weighted by atomic mass is 10.3. The molecule has 0 bridgehead atoms. The Balaban J connectivity index is 0. The summed E-state index contributed by atoms with van der Waals surface area (Å²) < 4.78 is 0. The molecule has 0 aromatic heterocycles. The largest absolute Gasteiger partial charge is 0.269 e. The van der Waals surface area contributed by atoms with Gasteiger partial charge in [-0.3, -0.25) is 4.99 Å². The van der Waals surface area contributed by atoms with Crippen molar-refractivity contribution in [1.29, 1.82) is 0 Å². The molecule has 64 valence electrons. The van der Waals surface area contributed by atoms with Crippen molar-refractivity contribution in [2.24, 2.45) is 4.99 Å². The van der Waals surface area contributed by atoms with Gasteiger partial charge < -0.3 is 0 Å². The Kier molecular flexibility index (Phi) is 10.6. The molecule has 1 heteroatoms. The molecule has 0 rings (SSSR count). The molecule has 1 nitrogen and oxygen atoms in total. The van der Waals surface area contributed by atoms with Crippen molar-refractivity contribution >= 4 is 6.72 Å². The average Bonchev–Trinajstić information content (AvgIpc) is 1.88. The van der Waals surface area contributed by atoms with Gasteiger partial charge in [0.05, 0.1) is 0 Å². The van der Waals surface area contributed by atoms with E-state index in [4.69, 9.17) is 0 Å². The highest BCUT2D eigenvalue weighted by atomic mass is 14.7. The first-order valence-corrected chi connectivity index (χ1v) is 3.88. The number of rotatable bonds is 2. The molecule has 0 amide bonds. The lowest BCUT2D eigenvalue weighted by molar-refractivity contribution is 1.09. The number of aliphatic imine (C=N–C) groups is 1. The monoisotopic (exact) mass is 153 g/mol. The van der Waals surface area contributed by atoms with Gasteiger partial charge in [0, 0.05) is 5.70 Å². The van der Waals surface area contributed by atoms with Crippen molar-refractivity contribution in [2.45, 2.75) is 34.1 Å². The Morgan fingerprint density at radius 2 is 1.73 bits per heavy atom. The van der Waals surface area contributed by atoms with Crippen molar-refractivity contribution in [3.05, 3.63) is 23.9 Å². The van der Waals surface area contributed by atoms with Crippen LogP contribution in [0.25, 0.3) is 0 Å². The average molecular weight is 153 g/mol. The van der Waals surface area contributed by atoms with E-state index >= 15 is 0 Å². The minimum absolute atomic E-state index is 0.914. The number of hydrogen-bond donors (Lipinski definition) is 0. The molecule has 11 heavy (non-hydrogen) atoms. The van der Waals surface area contributed by atoms with Crippen molar-refractivity contribution in [2.75, 3.05) is 0 Å². The van der Waals surface area contributed by atoms with Crippen LogP contribution in [0.15, 0.2) is 28.9 Å². The van der Waals surface area contributed by atoms with Crippen LogP contribution in [0.2, 0.25) is 0 Å². The minimum Gasteiger partial charge on any atom is -0.269 e. The maximum Gasteiger partial charge on any atom is 0.0367 e. The molecule has 0 heterocycles. The van der Waals surface area contributed by atoms with Crippen LogP contribution in [0, 0.1) is 0 Å². The first-order chi connectivity index (χ1) is 5.08. The van der Waals surface area contributed by atoms with Crippen LogP contribution in [0.1, 0.15) is 34.1 Å². The van der Waals surface area contributed by atoms with E-state index in [1.54, 1.807) is 0 Å². The van der Waals surface area contributed by atoms with Gasteiger partial charge >= 0.3 is 0 Å². The van der Waals surface area contributed by atoms with Crippen LogP contribution in [0.3, 0.4) is 0 Å². The van der Waals surface area contributed by atoms with Crippen LogP contribution in [-0.2, 0) is 0 Å². The highest BCUT2D eigenvalue weighted by Crippen LogP contribution is 1.97. The Morgan fingerprint density at radius 3 is 1.82 bits per heavy atom. The van der Waals surface area contributed by atoms with Crippen molar-refractivity contribution in [3.63, 3.8) is 0 Å². The number of nitrogens with zero attached hydrogens (tertiary/aromatic N) is 1. The summed E-state index contributed by atoms with van der Waals surface area (Å²) in [6, 6.07) is 0. The molecule has 0 aliphatic carbocycles. The van der Waals surface area contributed by atoms with Crippen molar-refractivity contribution in [1.82, 2.24) is 0 Å². The molecule has 0 aromatic rings.